The summed E-state index contributed by atoms with van der Waals surface area (Å²) >= 11 is 0. The molecule has 2 heterocycles. The summed E-state index contributed by atoms with van der Waals surface area (Å²) < 4.78 is 13.3. The molecule has 0 saturated carbocycles. The molecule has 16 heavy (non-hydrogen) atoms. The van der Waals surface area contributed by atoms with Gasteiger partial charge in [0.15, 0.2) is 6.29 Å². The lowest BCUT2D eigenvalue weighted by atomic mass is 10.2. The van der Waals surface area contributed by atoms with Gasteiger partial charge < -0.3 is 14.0 Å². The molecular formula is C12H20N2O2. The molecule has 0 bridgehead atoms. The van der Waals surface area contributed by atoms with Crippen LogP contribution in [0.2, 0.25) is 0 Å². The second-order valence-electron chi connectivity index (χ2n) is 4.06. The van der Waals surface area contributed by atoms with Crippen LogP contribution in [0.25, 0.3) is 0 Å². The van der Waals surface area contributed by atoms with Crippen molar-refractivity contribution < 1.29 is 9.47 Å². The Balaban J connectivity index is 1.71. The van der Waals surface area contributed by atoms with E-state index in [1.54, 1.807) is 0 Å². The standard InChI is InChI=1S/C12H20N2O2/c1-2-11-13-6-7-14(11)8-10-16-12-5-3-4-9-15-12/h6-7,12H,2-5,8-10H2,1H3/t12-/m0/s1. The van der Waals surface area contributed by atoms with Crippen molar-refractivity contribution in [2.24, 2.45) is 0 Å². The van der Waals surface area contributed by atoms with Gasteiger partial charge in [0.2, 0.25) is 0 Å². The van der Waals surface area contributed by atoms with Gasteiger partial charge in [-0.15, -0.1) is 0 Å². The van der Waals surface area contributed by atoms with Crippen molar-refractivity contribution in [1.29, 1.82) is 0 Å². The molecular weight excluding hydrogens is 204 g/mol. The van der Waals surface area contributed by atoms with Gasteiger partial charge in [0.05, 0.1) is 6.61 Å². The summed E-state index contributed by atoms with van der Waals surface area (Å²) in [5, 5.41) is 0. The topological polar surface area (TPSA) is 36.3 Å². The Labute approximate surface area is 96.6 Å². The molecule has 0 radical (unpaired) electrons. The lowest BCUT2D eigenvalue weighted by molar-refractivity contribution is -0.163. The Morgan fingerprint density at radius 1 is 1.56 bits per heavy atom. The maximum absolute atomic E-state index is 5.68. The monoisotopic (exact) mass is 224 g/mol. The summed E-state index contributed by atoms with van der Waals surface area (Å²) in [6.45, 7) is 4.52. The molecule has 1 aliphatic heterocycles. The van der Waals surface area contributed by atoms with Gasteiger partial charge in [-0.3, -0.25) is 0 Å². The highest BCUT2D eigenvalue weighted by atomic mass is 16.7. The normalized spacial score (nSPS) is 21.2. The predicted octanol–water partition coefficient (Wildman–Crippen LogP) is 1.99. The first-order chi connectivity index (χ1) is 7.90. The first-order valence-electron chi connectivity index (χ1n) is 6.13. The first-order valence-corrected chi connectivity index (χ1v) is 6.13. The van der Waals surface area contributed by atoms with Crippen molar-refractivity contribution in [2.45, 2.75) is 45.4 Å². The number of nitrogens with zero attached hydrogens (tertiary/aromatic N) is 2. The Kier molecular flexibility index (Phi) is 4.36. The fraction of sp³-hybridized carbons (Fsp3) is 0.750. The van der Waals surface area contributed by atoms with Crippen molar-refractivity contribution in [3.8, 4) is 0 Å². The van der Waals surface area contributed by atoms with E-state index in [0.717, 1.165) is 31.8 Å². The van der Waals surface area contributed by atoms with Crippen LogP contribution in [-0.2, 0) is 22.4 Å². The second-order valence-corrected chi connectivity index (χ2v) is 4.06. The molecule has 4 nitrogen and oxygen atoms in total. The number of rotatable bonds is 5. The molecule has 2 rings (SSSR count). The highest BCUT2D eigenvalue weighted by molar-refractivity contribution is 4.91. The van der Waals surface area contributed by atoms with Crippen LogP contribution in [0.1, 0.15) is 32.0 Å². The number of aromatic nitrogens is 2. The van der Waals surface area contributed by atoms with Crippen molar-refractivity contribution in [1.82, 2.24) is 9.55 Å². The molecule has 1 atom stereocenters. The third-order valence-corrected chi connectivity index (χ3v) is 2.89. The largest absolute Gasteiger partial charge is 0.353 e. The Bertz CT molecular complexity index is 306. The van der Waals surface area contributed by atoms with E-state index in [4.69, 9.17) is 9.47 Å². The van der Waals surface area contributed by atoms with Crippen molar-refractivity contribution >= 4 is 0 Å². The lowest BCUT2D eigenvalue weighted by Crippen LogP contribution is -2.24. The molecule has 4 heteroatoms. The highest BCUT2D eigenvalue weighted by Crippen LogP contribution is 2.13. The molecule has 1 aliphatic rings. The molecule has 1 aromatic heterocycles. The molecule has 1 saturated heterocycles. The van der Waals surface area contributed by atoms with Gasteiger partial charge in [0, 0.05) is 32.0 Å². The fourth-order valence-electron chi connectivity index (χ4n) is 1.98. The van der Waals surface area contributed by atoms with Gasteiger partial charge in [0.1, 0.15) is 5.82 Å². The van der Waals surface area contributed by atoms with Crippen LogP contribution in [0.5, 0.6) is 0 Å². The SMILES string of the molecule is CCc1nccn1CCO[C@H]1CCCCO1. The van der Waals surface area contributed by atoms with Crippen molar-refractivity contribution in [2.75, 3.05) is 13.2 Å². The predicted molar refractivity (Wildman–Crippen MR) is 61.1 cm³/mol. The van der Waals surface area contributed by atoms with Gasteiger partial charge in [0.25, 0.3) is 0 Å². The molecule has 0 amide bonds. The van der Waals surface area contributed by atoms with Crippen molar-refractivity contribution in [3.05, 3.63) is 18.2 Å². The summed E-state index contributed by atoms with van der Waals surface area (Å²) in [6, 6.07) is 0. The van der Waals surface area contributed by atoms with Crippen LogP contribution in [0.3, 0.4) is 0 Å². The Morgan fingerprint density at radius 3 is 3.25 bits per heavy atom. The van der Waals surface area contributed by atoms with Gasteiger partial charge in [-0.25, -0.2) is 4.98 Å². The van der Waals surface area contributed by atoms with E-state index in [9.17, 15) is 0 Å². The van der Waals surface area contributed by atoms with E-state index in [1.807, 2.05) is 12.4 Å². The van der Waals surface area contributed by atoms with E-state index in [-0.39, 0.29) is 6.29 Å². The summed E-state index contributed by atoms with van der Waals surface area (Å²) in [7, 11) is 0. The third-order valence-electron chi connectivity index (χ3n) is 2.89. The van der Waals surface area contributed by atoms with Crippen molar-refractivity contribution in [3.63, 3.8) is 0 Å². The highest BCUT2D eigenvalue weighted by Gasteiger charge is 2.13. The van der Waals surface area contributed by atoms with Gasteiger partial charge >= 0.3 is 0 Å². The summed E-state index contributed by atoms with van der Waals surface area (Å²) in [4.78, 5) is 4.28. The van der Waals surface area contributed by atoms with Crippen LogP contribution in [-0.4, -0.2) is 29.1 Å². The number of hydrogen-bond donors (Lipinski definition) is 0. The minimum atomic E-state index is 0.0161. The summed E-state index contributed by atoms with van der Waals surface area (Å²) in [5.74, 6) is 1.12. The van der Waals surface area contributed by atoms with Gasteiger partial charge in [-0.2, -0.15) is 0 Å². The molecule has 90 valence electrons. The molecule has 0 unspecified atom stereocenters. The molecule has 0 aliphatic carbocycles. The average molecular weight is 224 g/mol. The fourth-order valence-corrected chi connectivity index (χ4v) is 1.98. The molecule has 1 fully saturated rings. The summed E-state index contributed by atoms with van der Waals surface area (Å²) in [6.07, 6.45) is 8.25. The zero-order chi connectivity index (χ0) is 11.2. The maximum atomic E-state index is 5.68. The molecule has 0 spiro atoms. The Hall–Kier alpha value is -0.870. The van der Waals surface area contributed by atoms with Crippen LogP contribution >= 0.6 is 0 Å². The average Bonchev–Trinajstić information content (AvgIpc) is 2.78. The second kappa shape index (κ2) is 6.01. The van der Waals surface area contributed by atoms with Gasteiger partial charge in [-0.1, -0.05) is 6.92 Å². The quantitative estimate of drug-likeness (QED) is 0.767. The van der Waals surface area contributed by atoms with Crippen LogP contribution in [0.15, 0.2) is 12.4 Å². The van der Waals surface area contributed by atoms with E-state index < -0.39 is 0 Å². The van der Waals surface area contributed by atoms with E-state index in [2.05, 4.69) is 16.5 Å². The van der Waals surface area contributed by atoms with E-state index in [1.165, 1.54) is 12.8 Å². The van der Waals surface area contributed by atoms with Crippen LogP contribution in [0.4, 0.5) is 0 Å². The molecule has 1 aromatic rings. The number of ether oxygens (including phenoxy) is 2. The first kappa shape index (κ1) is 11.6. The number of hydrogen-bond acceptors (Lipinski definition) is 3. The molecule has 0 aromatic carbocycles. The maximum Gasteiger partial charge on any atom is 0.157 e. The van der Waals surface area contributed by atoms with Gasteiger partial charge in [-0.05, 0) is 19.3 Å². The summed E-state index contributed by atoms with van der Waals surface area (Å²) in [5.41, 5.74) is 0. The molecule has 0 N–H and O–H groups in total. The number of aryl methyl sites for hydroxylation is 1. The minimum absolute atomic E-state index is 0.0161. The van der Waals surface area contributed by atoms with E-state index >= 15 is 0 Å². The smallest absolute Gasteiger partial charge is 0.157 e. The lowest BCUT2D eigenvalue weighted by Gasteiger charge is -2.22. The zero-order valence-corrected chi connectivity index (χ0v) is 9.89. The zero-order valence-electron chi connectivity index (χ0n) is 9.89. The van der Waals surface area contributed by atoms with E-state index in [0.29, 0.717) is 6.61 Å². The minimum Gasteiger partial charge on any atom is -0.353 e. The Morgan fingerprint density at radius 2 is 2.50 bits per heavy atom. The number of imidazole rings is 1. The third kappa shape index (κ3) is 3.06. The van der Waals surface area contributed by atoms with Crippen LogP contribution < -0.4 is 0 Å². The van der Waals surface area contributed by atoms with Crippen LogP contribution in [0, 0.1) is 0 Å².